The fourth-order valence-electron chi connectivity index (χ4n) is 3.45. The van der Waals surface area contributed by atoms with Gasteiger partial charge in [-0.1, -0.05) is 12.1 Å². The Morgan fingerprint density at radius 1 is 1.24 bits per heavy atom. The van der Waals surface area contributed by atoms with E-state index in [1.54, 1.807) is 13.0 Å². The normalized spacial score (nSPS) is 17.3. The van der Waals surface area contributed by atoms with Crippen LogP contribution in [0.15, 0.2) is 30.3 Å². The molecule has 0 aliphatic carbocycles. The monoisotopic (exact) mass is 340 g/mol. The number of aromatic nitrogens is 2. The van der Waals surface area contributed by atoms with E-state index in [-0.39, 0.29) is 23.3 Å². The molecule has 1 unspecified atom stereocenters. The molecule has 1 fully saturated rings. The van der Waals surface area contributed by atoms with E-state index in [1.165, 1.54) is 7.11 Å². The van der Waals surface area contributed by atoms with Gasteiger partial charge in [-0.05, 0) is 31.5 Å². The smallest absolute Gasteiger partial charge is 0.200 e. The molecule has 130 valence electrons. The van der Waals surface area contributed by atoms with Crippen molar-refractivity contribution in [3.63, 3.8) is 0 Å². The van der Waals surface area contributed by atoms with Crippen molar-refractivity contribution < 1.29 is 19.7 Å². The zero-order chi connectivity index (χ0) is 17.6. The number of hydrogen-bond acceptors (Lipinski definition) is 5. The Bertz CT molecular complexity index is 942. The Labute approximate surface area is 145 Å². The molecule has 1 atom stereocenters. The molecule has 6 heteroatoms. The van der Waals surface area contributed by atoms with Crippen molar-refractivity contribution in [2.75, 3.05) is 20.3 Å². The molecule has 2 N–H and O–H groups in total. The Balaban J connectivity index is 2.01. The molecule has 3 aromatic rings. The number of phenolic OH excluding ortho intramolecular Hbond substituents is 2. The summed E-state index contributed by atoms with van der Waals surface area (Å²) < 4.78 is 13.0. The number of benzene rings is 2. The topological polar surface area (TPSA) is 76.7 Å². The number of rotatable bonds is 3. The summed E-state index contributed by atoms with van der Waals surface area (Å²) in [6, 6.07) is 9.86. The Morgan fingerprint density at radius 3 is 2.76 bits per heavy atom. The van der Waals surface area contributed by atoms with Gasteiger partial charge in [-0.2, -0.15) is 0 Å². The van der Waals surface area contributed by atoms with Gasteiger partial charge in [0.05, 0.1) is 30.8 Å². The molecule has 1 aliphatic rings. The Kier molecular flexibility index (Phi) is 3.77. The third-order valence-electron chi connectivity index (χ3n) is 4.82. The van der Waals surface area contributed by atoms with E-state index in [9.17, 15) is 10.2 Å². The summed E-state index contributed by atoms with van der Waals surface area (Å²) >= 11 is 0. The molecule has 0 amide bonds. The quantitative estimate of drug-likeness (QED) is 0.715. The van der Waals surface area contributed by atoms with Crippen LogP contribution in [0.25, 0.3) is 22.4 Å². The van der Waals surface area contributed by atoms with Crippen molar-refractivity contribution in [1.82, 2.24) is 9.55 Å². The van der Waals surface area contributed by atoms with Crippen LogP contribution < -0.4 is 4.74 Å². The maximum atomic E-state index is 10.3. The third kappa shape index (κ3) is 2.41. The van der Waals surface area contributed by atoms with E-state index in [2.05, 4.69) is 4.57 Å². The lowest BCUT2D eigenvalue weighted by Crippen LogP contribution is -2.10. The number of aromatic hydroxyl groups is 2. The first-order valence-corrected chi connectivity index (χ1v) is 8.26. The number of phenols is 2. The first kappa shape index (κ1) is 15.8. The van der Waals surface area contributed by atoms with Gasteiger partial charge < -0.3 is 24.3 Å². The van der Waals surface area contributed by atoms with Crippen molar-refractivity contribution in [1.29, 1.82) is 0 Å². The molecule has 2 aromatic carbocycles. The highest BCUT2D eigenvalue weighted by molar-refractivity contribution is 5.83. The molecule has 0 saturated carbocycles. The molecule has 25 heavy (non-hydrogen) atoms. The maximum Gasteiger partial charge on any atom is 0.200 e. The minimum absolute atomic E-state index is 0.184. The van der Waals surface area contributed by atoms with Gasteiger partial charge in [0.2, 0.25) is 5.75 Å². The third-order valence-corrected chi connectivity index (χ3v) is 4.82. The highest BCUT2D eigenvalue weighted by atomic mass is 16.5. The van der Waals surface area contributed by atoms with Gasteiger partial charge in [0.25, 0.3) is 0 Å². The lowest BCUT2D eigenvalue weighted by atomic mass is 10.0. The summed E-state index contributed by atoms with van der Waals surface area (Å²) in [6.07, 6.45) is 0.910. The summed E-state index contributed by atoms with van der Waals surface area (Å²) in [5, 5.41) is 20.3. The second kappa shape index (κ2) is 5.97. The molecular formula is C19H20N2O4. The van der Waals surface area contributed by atoms with Crippen LogP contribution in [0.4, 0.5) is 0 Å². The summed E-state index contributed by atoms with van der Waals surface area (Å²) in [5.41, 5.74) is 3.21. The van der Waals surface area contributed by atoms with Crippen LogP contribution in [0.2, 0.25) is 0 Å². The first-order valence-electron chi connectivity index (χ1n) is 8.26. The number of ether oxygens (including phenoxy) is 2. The fraction of sp³-hybridized carbons (Fsp3) is 0.316. The number of methoxy groups -OCH3 is 1. The standard InChI is InChI=1S/C19H20N2O4/c1-11-13(9-16(24-2)18(23)17(11)22)19-20-14-5-3-4-6-15(14)21(19)12-7-8-25-10-12/h3-6,9,12,22-23H,7-8,10H2,1-2H3. The fourth-order valence-corrected chi connectivity index (χ4v) is 3.45. The number of hydrogen-bond donors (Lipinski definition) is 2. The number of nitrogens with zero attached hydrogens (tertiary/aromatic N) is 2. The Hall–Kier alpha value is -2.73. The van der Waals surface area contributed by atoms with Gasteiger partial charge in [-0.25, -0.2) is 4.98 Å². The van der Waals surface area contributed by atoms with Gasteiger partial charge >= 0.3 is 0 Å². The van der Waals surface area contributed by atoms with Gasteiger partial charge in [0.1, 0.15) is 5.82 Å². The van der Waals surface area contributed by atoms with E-state index in [0.717, 1.165) is 35.4 Å². The first-order chi connectivity index (χ1) is 12.1. The van der Waals surface area contributed by atoms with Crippen LogP contribution in [-0.4, -0.2) is 40.1 Å². The number of imidazole rings is 1. The molecule has 0 radical (unpaired) electrons. The Morgan fingerprint density at radius 2 is 2.04 bits per heavy atom. The van der Waals surface area contributed by atoms with Gasteiger partial charge in [-0.15, -0.1) is 0 Å². The highest BCUT2D eigenvalue weighted by Crippen LogP contribution is 2.44. The van der Waals surface area contributed by atoms with Crippen molar-refractivity contribution in [3.8, 4) is 28.6 Å². The SMILES string of the molecule is COc1cc(-c2nc3ccccc3n2C2CCOC2)c(C)c(O)c1O. The molecule has 0 spiro atoms. The van der Waals surface area contributed by atoms with Crippen LogP contribution in [0, 0.1) is 6.92 Å². The van der Waals surface area contributed by atoms with E-state index < -0.39 is 0 Å². The average molecular weight is 340 g/mol. The summed E-state index contributed by atoms with van der Waals surface area (Å²) in [6.45, 7) is 3.12. The van der Waals surface area contributed by atoms with E-state index in [4.69, 9.17) is 14.5 Å². The van der Waals surface area contributed by atoms with Gasteiger partial charge in [0, 0.05) is 17.7 Å². The molecule has 4 rings (SSSR count). The minimum Gasteiger partial charge on any atom is -0.504 e. The van der Waals surface area contributed by atoms with Crippen LogP contribution in [0.1, 0.15) is 18.0 Å². The molecule has 6 nitrogen and oxygen atoms in total. The molecule has 0 bridgehead atoms. The van der Waals surface area contributed by atoms with Crippen molar-refractivity contribution in [2.24, 2.45) is 0 Å². The molecule has 1 saturated heterocycles. The van der Waals surface area contributed by atoms with E-state index >= 15 is 0 Å². The maximum absolute atomic E-state index is 10.3. The minimum atomic E-state index is -0.254. The van der Waals surface area contributed by atoms with Crippen molar-refractivity contribution in [3.05, 3.63) is 35.9 Å². The average Bonchev–Trinajstić information content (AvgIpc) is 3.27. The van der Waals surface area contributed by atoms with Crippen molar-refractivity contribution >= 4 is 11.0 Å². The second-order valence-corrected chi connectivity index (χ2v) is 6.26. The van der Waals surface area contributed by atoms with E-state index in [0.29, 0.717) is 12.2 Å². The highest BCUT2D eigenvalue weighted by Gasteiger charge is 2.26. The predicted octanol–water partition coefficient (Wildman–Crippen LogP) is 3.39. The number of fused-ring (bicyclic) bond motifs is 1. The van der Waals surface area contributed by atoms with Gasteiger partial charge in [0.15, 0.2) is 11.5 Å². The molecule has 1 aliphatic heterocycles. The zero-order valence-corrected chi connectivity index (χ0v) is 14.2. The summed E-state index contributed by atoms with van der Waals surface area (Å²) in [7, 11) is 1.46. The van der Waals surface area contributed by atoms with Crippen molar-refractivity contribution in [2.45, 2.75) is 19.4 Å². The van der Waals surface area contributed by atoms with Gasteiger partial charge in [-0.3, -0.25) is 0 Å². The largest absolute Gasteiger partial charge is 0.504 e. The molecule has 1 aromatic heterocycles. The predicted molar refractivity (Wildman–Crippen MR) is 94.3 cm³/mol. The summed E-state index contributed by atoms with van der Waals surface area (Å²) in [5.74, 6) is 0.522. The second-order valence-electron chi connectivity index (χ2n) is 6.26. The summed E-state index contributed by atoms with van der Waals surface area (Å²) in [4.78, 5) is 4.79. The lowest BCUT2D eigenvalue weighted by Gasteiger charge is -2.18. The molecule has 2 heterocycles. The van der Waals surface area contributed by atoms with E-state index in [1.807, 2.05) is 24.3 Å². The van der Waals surface area contributed by atoms with Crippen LogP contribution in [0.5, 0.6) is 17.2 Å². The van der Waals surface area contributed by atoms with Crippen LogP contribution >= 0.6 is 0 Å². The molecular weight excluding hydrogens is 320 g/mol. The lowest BCUT2D eigenvalue weighted by molar-refractivity contribution is 0.187. The number of para-hydroxylation sites is 2. The van der Waals surface area contributed by atoms with Crippen LogP contribution in [-0.2, 0) is 4.74 Å². The zero-order valence-electron chi connectivity index (χ0n) is 14.2. The van der Waals surface area contributed by atoms with Crippen LogP contribution in [0.3, 0.4) is 0 Å².